The van der Waals surface area contributed by atoms with Crippen molar-refractivity contribution in [3.63, 3.8) is 0 Å². The van der Waals surface area contributed by atoms with E-state index in [1.54, 1.807) is 0 Å². The van der Waals surface area contributed by atoms with Gasteiger partial charge >= 0.3 is 17.9 Å². The van der Waals surface area contributed by atoms with Crippen LogP contribution in [0.1, 0.15) is 290 Å². The number of rotatable bonds is 58. The summed E-state index contributed by atoms with van der Waals surface area (Å²) in [5, 5.41) is 0. The normalized spacial score (nSPS) is 13.0. The maximum Gasteiger partial charge on any atom is 0.306 e. The lowest BCUT2D eigenvalue weighted by atomic mass is 10.0. The van der Waals surface area contributed by atoms with Crippen LogP contribution in [0.25, 0.3) is 0 Å². The summed E-state index contributed by atoms with van der Waals surface area (Å²) in [6, 6.07) is 0. The number of carbonyl (C=O) groups excluding carboxylic acids is 3. The molecule has 0 radical (unpaired) electrons. The topological polar surface area (TPSA) is 78.9 Å². The molecule has 1 unspecified atom stereocenters. The van der Waals surface area contributed by atoms with E-state index in [-0.39, 0.29) is 37.5 Å². The van der Waals surface area contributed by atoms with Gasteiger partial charge < -0.3 is 14.2 Å². The highest BCUT2D eigenvalue weighted by molar-refractivity contribution is 5.71. The van der Waals surface area contributed by atoms with E-state index in [2.05, 4.69) is 148 Å². The summed E-state index contributed by atoms with van der Waals surface area (Å²) in [6.07, 6.45) is 93.5. The SMILES string of the molecule is CC/C=C\C/C=C\C/C=C\C/C=C\C/C=C\CCCCCCCCCCCCCCCCCCCC(=O)OCC(COC(=O)CC/C=C\C/C=C\C/C=C\C/C=C\CC)OC(=O)CCCCCCC/C=C\C/C=C\CCCCC. The summed E-state index contributed by atoms with van der Waals surface area (Å²) in [6.45, 7) is 6.32. The molecule has 0 aliphatic heterocycles. The Morgan fingerprint density at radius 2 is 0.519 bits per heavy atom. The van der Waals surface area contributed by atoms with Crippen molar-refractivity contribution in [1.82, 2.24) is 0 Å². The zero-order valence-electron chi connectivity index (χ0n) is 51.3. The number of unbranched alkanes of at least 4 members (excludes halogenated alkanes) is 25. The zero-order valence-corrected chi connectivity index (χ0v) is 51.3. The molecule has 0 fully saturated rings. The number of hydrogen-bond acceptors (Lipinski definition) is 6. The van der Waals surface area contributed by atoms with Crippen molar-refractivity contribution in [3.05, 3.63) is 134 Å². The van der Waals surface area contributed by atoms with Crippen LogP contribution in [-0.4, -0.2) is 37.2 Å². The monoisotopic (exact) mass is 1090 g/mol. The minimum absolute atomic E-state index is 0.107. The third-order valence-corrected chi connectivity index (χ3v) is 13.6. The van der Waals surface area contributed by atoms with Gasteiger partial charge in [-0.05, 0) is 122 Å². The van der Waals surface area contributed by atoms with Gasteiger partial charge in [0.15, 0.2) is 6.10 Å². The van der Waals surface area contributed by atoms with Gasteiger partial charge in [0.2, 0.25) is 0 Å². The molecule has 0 heterocycles. The van der Waals surface area contributed by atoms with Gasteiger partial charge in [-0.2, -0.15) is 0 Å². The maximum absolute atomic E-state index is 12.9. The van der Waals surface area contributed by atoms with Crippen molar-refractivity contribution in [1.29, 1.82) is 0 Å². The summed E-state index contributed by atoms with van der Waals surface area (Å²) < 4.78 is 16.8. The Hall–Kier alpha value is -4.45. The molecule has 0 amide bonds. The Kier molecular flexibility index (Phi) is 62.3. The Labute approximate surface area is 487 Å². The Morgan fingerprint density at radius 3 is 0.848 bits per heavy atom. The van der Waals surface area contributed by atoms with Gasteiger partial charge in [-0.25, -0.2) is 0 Å². The standard InChI is InChI=1S/C73H120O6/c1-4-7-10-13-16-19-22-25-27-28-29-30-31-32-33-34-35-36-37-38-39-40-41-42-43-44-46-48-51-54-57-60-63-66-72(75)78-69-70(68-77-71(74)65-62-59-56-53-50-47-24-21-18-15-12-9-6-3)79-73(76)67-64-61-58-55-52-49-45-26-23-20-17-14-11-8-5-2/h7,9-10,12,16-21,25-27,29-30,32-33,45,47,50,56,59,70H,4-6,8,11,13-15,22-24,28,31,34-44,46,48-49,51-55,57-58,60-69H2,1-3H3/b10-7-,12-9-,19-16-,20-17-,21-18-,27-25-,30-29-,33-32-,45-26-,50-47-,59-56-. The van der Waals surface area contributed by atoms with Gasteiger partial charge in [0, 0.05) is 19.3 Å². The molecule has 0 aromatic heterocycles. The fourth-order valence-electron chi connectivity index (χ4n) is 8.81. The summed E-state index contributed by atoms with van der Waals surface area (Å²) in [7, 11) is 0. The van der Waals surface area contributed by atoms with Gasteiger partial charge in [0.05, 0.1) is 0 Å². The first-order valence-electron chi connectivity index (χ1n) is 32.7. The van der Waals surface area contributed by atoms with Gasteiger partial charge in [0.25, 0.3) is 0 Å². The quantitative estimate of drug-likeness (QED) is 0.0261. The van der Waals surface area contributed by atoms with E-state index in [4.69, 9.17) is 14.2 Å². The van der Waals surface area contributed by atoms with E-state index in [1.807, 2.05) is 6.08 Å². The van der Waals surface area contributed by atoms with Gasteiger partial charge in [-0.15, -0.1) is 0 Å². The molecule has 0 aliphatic rings. The van der Waals surface area contributed by atoms with Crippen molar-refractivity contribution < 1.29 is 28.6 Å². The summed E-state index contributed by atoms with van der Waals surface area (Å²) in [5.41, 5.74) is 0. The van der Waals surface area contributed by atoms with E-state index in [9.17, 15) is 14.4 Å². The molecule has 79 heavy (non-hydrogen) atoms. The summed E-state index contributed by atoms with van der Waals surface area (Å²) in [5.74, 6) is -1.00. The molecule has 0 aromatic carbocycles. The lowest BCUT2D eigenvalue weighted by molar-refractivity contribution is -0.166. The molecule has 448 valence electrons. The van der Waals surface area contributed by atoms with Crippen LogP contribution < -0.4 is 0 Å². The average Bonchev–Trinajstić information content (AvgIpc) is 3.45. The molecule has 0 aromatic rings. The number of ether oxygens (including phenoxy) is 3. The van der Waals surface area contributed by atoms with Crippen LogP contribution in [0.2, 0.25) is 0 Å². The minimum Gasteiger partial charge on any atom is -0.462 e. The molecule has 0 aliphatic carbocycles. The molecular formula is C73H120O6. The predicted molar refractivity (Wildman–Crippen MR) is 343 cm³/mol. The highest BCUT2D eigenvalue weighted by Crippen LogP contribution is 2.16. The van der Waals surface area contributed by atoms with E-state index in [0.29, 0.717) is 19.3 Å². The predicted octanol–water partition coefficient (Wildman–Crippen LogP) is 22.5. The highest BCUT2D eigenvalue weighted by Gasteiger charge is 2.19. The first-order valence-corrected chi connectivity index (χ1v) is 32.7. The molecule has 0 N–H and O–H groups in total. The number of allylic oxidation sites excluding steroid dienone is 22. The molecule has 6 heteroatoms. The van der Waals surface area contributed by atoms with Gasteiger partial charge in [0.1, 0.15) is 13.2 Å². The Balaban J connectivity index is 4.21. The van der Waals surface area contributed by atoms with Crippen LogP contribution in [0.3, 0.4) is 0 Å². The van der Waals surface area contributed by atoms with Crippen molar-refractivity contribution >= 4 is 17.9 Å². The van der Waals surface area contributed by atoms with Gasteiger partial charge in [-0.1, -0.05) is 283 Å². The fourth-order valence-corrected chi connectivity index (χ4v) is 8.81. The van der Waals surface area contributed by atoms with Crippen molar-refractivity contribution in [2.75, 3.05) is 13.2 Å². The van der Waals surface area contributed by atoms with Crippen LogP contribution in [0, 0.1) is 0 Å². The lowest BCUT2D eigenvalue weighted by Gasteiger charge is -2.18. The maximum atomic E-state index is 12.9. The number of esters is 3. The van der Waals surface area contributed by atoms with Gasteiger partial charge in [-0.3, -0.25) is 14.4 Å². The fraction of sp³-hybridized carbons (Fsp3) is 0.658. The smallest absolute Gasteiger partial charge is 0.306 e. The molecule has 0 saturated carbocycles. The number of hydrogen-bond donors (Lipinski definition) is 0. The number of carbonyl (C=O) groups is 3. The third-order valence-electron chi connectivity index (χ3n) is 13.6. The van der Waals surface area contributed by atoms with Crippen LogP contribution in [0.4, 0.5) is 0 Å². The molecule has 1 atom stereocenters. The van der Waals surface area contributed by atoms with E-state index < -0.39 is 6.10 Å². The van der Waals surface area contributed by atoms with E-state index >= 15 is 0 Å². The molecule has 0 saturated heterocycles. The van der Waals surface area contributed by atoms with Crippen molar-refractivity contribution in [2.24, 2.45) is 0 Å². The largest absolute Gasteiger partial charge is 0.462 e. The summed E-state index contributed by atoms with van der Waals surface area (Å²) >= 11 is 0. The average molecular weight is 1090 g/mol. The van der Waals surface area contributed by atoms with Crippen LogP contribution in [0.5, 0.6) is 0 Å². The first-order chi connectivity index (χ1) is 39.0. The van der Waals surface area contributed by atoms with Crippen molar-refractivity contribution in [3.8, 4) is 0 Å². The second-order valence-electron chi connectivity index (χ2n) is 21.3. The molecule has 0 bridgehead atoms. The van der Waals surface area contributed by atoms with Crippen LogP contribution in [-0.2, 0) is 28.6 Å². The van der Waals surface area contributed by atoms with E-state index in [1.165, 1.54) is 122 Å². The van der Waals surface area contributed by atoms with E-state index in [0.717, 1.165) is 122 Å². The second kappa shape index (κ2) is 66.1. The first kappa shape index (κ1) is 74.5. The zero-order chi connectivity index (χ0) is 57.1. The molecule has 6 nitrogen and oxygen atoms in total. The van der Waals surface area contributed by atoms with Crippen LogP contribution in [0.15, 0.2) is 134 Å². The lowest BCUT2D eigenvalue weighted by Crippen LogP contribution is -2.30. The Bertz CT molecular complexity index is 1680. The minimum atomic E-state index is -0.817. The van der Waals surface area contributed by atoms with Crippen molar-refractivity contribution in [2.45, 2.75) is 297 Å². The third kappa shape index (κ3) is 64.3. The summed E-state index contributed by atoms with van der Waals surface area (Å²) in [4.78, 5) is 38.2. The molecule has 0 spiro atoms. The molecular weight excluding hydrogens is 973 g/mol. The molecule has 0 rings (SSSR count). The second-order valence-corrected chi connectivity index (χ2v) is 21.3. The van der Waals surface area contributed by atoms with Crippen LogP contribution >= 0.6 is 0 Å². The Morgan fingerprint density at radius 1 is 0.266 bits per heavy atom. The highest BCUT2D eigenvalue weighted by atomic mass is 16.6.